The highest BCUT2D eigenvalue weighted by atomic mass is 32.1. The Hall–Kier alpha value is -1.56. The zero-order valence-electron chi connectivity index (χ0n) is 14.6. The van der Waals surface area contributed by atoms with Gasteiger partial charge < -0.3 is 19.9 Å². The first-order chi connectivity index (χ1) is 11.6. The second-order valence-corrected chi connectivity index (χ2v) is 7.27. The maximum Gasteiger partial charge on any atom is 0.119 e. The molecular formula is C19H27NO3S. The Kier molecular flexibility index (Phi) is 7.56. The Morgan fingerprint density at radius 2 is 1.75 bits per heavy atom. The zero-order chi connectivity index (χ0) is 17.4. The van der Waals surface area contributed by atoms with E-state index in [1.54, 1.807) is 0 Å². The van der Waals surface area contributed by atoms with Crippen molar-refractivity contribution in [1.29, 1.82) is 0 Å². The normalized spacial score (nSPS) is 13.5. The van der Waals surface area contributed by atoms with Gasteiger partial charge in [-0.1, -0.05) is 0 Å². The second kappa shape index (κ2) is 9.67. The Balaban J connectivity index is 1.66. The highest BCUT2D eigenvalue weighted by Crippen LogP contribution is 2.18. The molecule has 5 heteroatoms. The van der Waals surface area contributed by atoms with E-state index in [9.17, 15) is 5.11 Å². The van der Waals surface area contributed by atoms with Crippen LogP contribution in [-0.4, -0.2) is 37.0 Å². The average Bonchev–Trinajstić information content (AvgIpc) is 2.97. The van der Waals surface area contributed by atoms with Crippen LogP contribution in [0.25, 0.3) is 0 Å². The minimum atomic E-state index is -0.538. The summed E-state index contributed by atoms with van der Waals surface area (Å²) in [6, 6.07) is 12.1. The monoisotopic (exact) mass is 349 g/mol. The number of aliphatic hydroxyl groups excluding tert-OH is 1. The molecule has 0 spiro atoms. The van der Waals surface area contributed by atoms with E-state index in [1.165, 1.54) is 9.75 Å². The minimum Gasteiger partial charge on any atom is -0.494 e. The molecule has 2 unspecified atom stereocenters. The number of hydrogen-bond acceptors (Lipinski definition) is 5. The van der Waals surface area contributed by atoms with E-state index in [4.69, 9.17) is 9.47 Å². The molecule has 1 aromatic carbocycles. The van der Waals surface area contributed by atoms with Crippen molar-refractivity contribution in [3.8, 4) is 11.5 Å². The van der Waals surface area contributed by atoms with Crippen LogP contribution in [0.3, 0.4) is 0 Å². The van der Waals surface area contributed by atoms with Crippen molar-refractivity contribution in [3.05, 3.63) is 46.2 Å². The van der Waals surface area contributed by atoms with Gasteiger partial charge in [0.15, 0.2) is 0 Å². The van der Waals surface area contributed by atoms with Crippen LogP contribution < -0.4 is 14.8 Å². The van der Waals surface area contributed by atoms with E-state index in [-0.39, 0.29) is 6.61 Å². The number of rotatable bonds is 10. The molecule has 2 aromatic rings. The molecule has 0 saturated heterocycles. The molecule has 0 fully saturated rings. The number of aryl methyl sites for hydroxylation is 1. The van der Waals surface area contributed by atoms with Crippen LogP contribution in [-0.2, 0) is 6.42 Å². The smallest absolute Gasteiger partial charge is 0.119 e. The Morgan fingerprint density at radius 1 is 1.08 bits per heavy atom. The van der Waals surface area contributed by atoms with Crippen molar-refractivity contribution in [1.82, 2.24) is 5.32 Å². The first-order valence-corrected chi connectivity index (χ1v) is 9.21. The van der Waals surface area contributed by atoms with Crippen molar-refractivity contribution >= 4 is 11.3 Å². The topological polar surface area (TPSA) is 50.7 Å². The summed E-state index contributed by atoms with van der Waals surface area (Å²) in [4.78, 5) is 2.70. The van der Waals surface area contributed by atoms with E-state index in [0.29, 0.717) is 19.2 Å². The number of hydrogen-bond donors (Lipinski definition) is 2. The van der Waals surface area contributed by atoms with Gasteiger partial charge in [-0.2, -0.15) is 0 Å². The van der Waals surface area contributed by atoms with Gasteiger partial charge in [0.05, 0.1) is 6.61 Å². The molecule has 4 nitrogen and oxygen atoms in total. The first-order valence-electron chi connectivity index (χ1n) is 8.39. The molecule has 0 aliphatic heterocycles. The largest absolute Gasteiger partial charge is 0.494 e. The third-order valence-electron chi connectivity index (χ3n) is 3.58. The molecule has 0 amide bonds. The van der Waals surface area contributed by atoms with Gasteiger partial charge in [-0.15, -0.1) is 11.3 Å². The summed E-state index contributed by atoms with van der Waals surface area (Å²) in [7, 11) is 0. The van der Waals surface area contributed by atoms with Gasteiger partial charge >= 0.3 is 0 Å². The lowest BCUT2D eigenvalue weighted by molar-refractivity contribution is 0.104. The van der Waals surface area contributed by atoms with Crippen LogP contribution in [0.15, 0.2) is 36.4 Å². The molecule has 0 bridgehead atoms. The number of thiophene rings is 1. The molecule has 1 aromatic heterocycles. The molecule has 0 radical (unpaired) electrons. The van der Waals surface area contributed by atoms with Crippen molar-refractivity contribution in [2.45, 2.75) is 39.3 Å². The van der Waals surface area contributed by atoms with Crippen LogP contribution in [0.1, 0.15) is 23.6 Å². The maximum absolute atomic E-state index is 10.1. The predicted molar refractivity (Wildman–Crippen MR) is 99.3 cm³/mol. The van der Waals surface area contributed by atoms with E-state index < -0.39 is 6.10 Å². The van der Waals surface area contributed by atoms with Crippen LogP contribution in [0.2, 0.25) is 0 Å². The van der Waals surface area contributed by atoms with Gasteiger partial charge in [0, 0.05) is 22.3 Å². The predicted octanol–water partition coefficient (Wildman–Crippen LogP) is 3.42. The molecule has 2 atom stereocenters. The summed E-state index contributed by atoms with van der Waals surface area (Å²) >= 11 is 1.82. The fourth-order valence-electron chi connectivity index (χ4n) is 2.36. The van der Waals surface area contributed by atoms with Gasteiger partial charge in [-0.25, -0.2) is 0 Å². The highest BCUT2D eigenvalue weighted by Gasteiger charge is 2.09. The van der Waals surface area contributed by atoms with E-state index >= 15 is 0 Å². The first kappa shape index (κ1) is 18.8. The van der Waals surface area contributed by atoms with E-state index in [2.05, 4.69) is 31.3 Å². The molecule has 0 aliphatic rings. The zero-order valence-corrected chi connectivity index (χ0v) is 15.4. The van der Waals surface area contributed by atoms with Gasteiger partial charge in [-0.05, 0) is 63.6 Å². The summed E-state index contributed by atoms with van der Waals surface area (Å²) in [5.74, 6) is 1.56. The second-order valence-electron chi connectivity index (χ2n) is 5.90. The molecule has 2 rings (SSSR count). The minimum absolute atomic E-state index is 0.270. The Bertz CT molecular complexity index is 597. The van der Waals surface area contributed by atoms with Gasteiger partial charge in [0.25, 0.3) is 0 Å². The number of nitrogens with one attached hydrogen (secondary N) is 1. The fraction of sp³-hybridized carbons (Fsp3) is 0.474. The third-order valence-corrected chi connectivity index (χ3v) is 4.61. The molecule has 0 aliphatic carbocycles. The number of benzene rings is 1. The third kappa shape index (κ3) is 6.51. The maximum atomic E-state index is 10.1. The van der Waals surface area contributed by atoms with Crippen molar-refractivity contribution in [2.24, 2.45) is 0 Å². The SMILES string of the molecule is CCOc1ccc(OCC(O)CNC(C)Cc2ccc(C)s2)cc1. The van der Waals surface area contributed by atoms with Crippen molar-refractivity contribution in [3.63, 3.8) is 0 Å². The molecule has 2 N–H and O–H groups in total. The Morgan fingerprint density at radius 3 is 2.33 bits per heavy atom. The summed E-state index contributed by atoms with van der Waals surface area (Å²) in [5.41, 5.74) is 0. The molecule has 132 valence electrons. The van der Waals surface area contributed by atoms with E-state index in [0.717, 1.165) is 17.9 Å². The van der Waals surface area contributed by atoms with Crippen LogP contribution in [0, 0.1) is 6.92 Å². The van der Waals surface area contributed by atoms with Crippen molar-refractivity contribution < 1.29 is 14.6 Å². The summed E-state index contributed by atoms with van der Waals surface area (Å²) in [6.07, 6.45) is 0.439. The van der Waals surface area contributed by atoms with Crippen molar-refractivity contribution in [2.75, 3.05) is 19.8 Å². The average molecular weight is 349 g/mol. The van der Waals surface area contributed by atoms with E-state index in [1.807, 2.05) is 42.5 Å². The fourth-order valence-corrected chi connectivity index (χ4v) is 3.38. The van der Waals surface area contributed by atoms with Gasteiger partial charge in [0.2, 0.25) is 0 Å². The molecule has 1 heterocycles. The lowest BCUT2D eigenvalue weighted by atomic mass is 10.2. The standard InChI is InChI=1S/C19H27NO3S/c1-4-22-17-6-8-18(9-7-17)23-13-16(21)12-20-14(2)11-19-10-5-15(3)24-19/h5-10,14,16,20-21H,4,11-13H2,1-3H3. The van der Waals surface area contributed by atoms with Gasteiger partial charge in [0.1, 0.15) is 24.2 Å². The lowest BCUT2D eigenvalue weighted by Crippen LogP contribution is -2.37. The molecule has 0 saturated carbocycles. The lowest BCUT2D eigenvalue weighted by Gasteiger charge is -2.17. The summed E-state index contributed by atoms with van der Waals surface area (Å²) < 4.78 is 11.0. The van der Waals surface area contributed by atoms with Crippen LogP contribution >= 0.6 is 11.3 Å². The summed E-state index contributed by atoms with van der Waals surface area (Å²) in [5, 5.41) is 13.4. The summed E-state index contributed by atoms with van der Waals surface area (Å²) in [6.45, 7) is 7.64. The van der Waals surface area contributed by atoms with Crippen LogP contribution in [0.4, 0.5) is 0 Å². The highest BCUT2D eigenvalue weighted by molar-refractivity contribution is 7.11. The number of aliphatic hydroxyl groups is 1. The van der Waals surface area contributed by atoms with Crippen LogP contribution in [0.5, 0.6) is 11.5 Å². The quantitative estimate of drug-likeness (QED) is 0.690. The van der Waals surface area contributed by atoms with Gasteiger partial charge in [-0.3, -0.25) is 0 Å². The number of ether oxygens (including phenoxy) is 2. The Labute approximate surface area is 148 Å². The molecular weight excluding hydrogens is 322 g/mol. The molecule has 24 heavy (non-hydrogen) atoms.